The van der Waals surface area contributed by atoms with Crippen LogP contribution in [0.4, 0.5) is 0 Å². The van der Waals surface area contributed by atoms with Gasteiger partial charge in [0, 0.05) is 0 Å². The summed E-state index contributed by atoms with van der Waals surface area (Å²) >= 11 is 0.825. The lowest BCUT2D eigenvalue weighted by Gasteiger charge is -2.35. The second-order valence-corrected chi connectivity index (χ2v) is 4.68. The van der Waals surface area contributed by atoms with E-state index in [9.17, 15) is 15.3 Å². The predicted molar refractivity (Wildman–Crippen MR) is 43.4 cm³/mol. The van der Waals surface area contributed by atoms with E-state index in [-0.39, 0.29) is 0 Å². The smallest absolute Gasteiger partial charge is 0.249 e. The molecule has 2 aliphatic heterocycles. The molecule has 2 rings (SSSR count). The van der Waals surface area contributed by atoms with E-state index in [0.717, 1.165) is 11.8 Å². The molecule has 0 aromatic rings. The van der Waals surface area contributed by atoms with Gasteiger partial charge >= 0.3 is 0 Å². The zero-order chi connectivity index (χ0) is 9.85. The molecule has 13 heavy (non-hydrogen) atoms. The Balaban J connectivity index is 2.21. The van der Waals surface area contributed by atoms with Crippen LogP contribution >= 0.6 is 11.8 Å². The van der Waals surface area contributed by atoms with Crippen LogP contribution in [0.25, 0.3) is 0 Å². The molecule has 6 N–H and O–H groups in total. The van der Waals surface area contributed by atoms with E-state index >= 15 is 0 Å². The summed E-state index contributed by atoms with van der Waals surface area (Å²) in [5, 5.41) is 35.5. The largest absolute Gasteiger partial charge is 0.394 e. The van der Waals surface area contributed by atoms with Crippen LogP contribution in [0.5, 0.6) is 0 Å². The fourth-order valence-electron chi connectivity index (χ4n) is 1.44. The van der Waals surface area contributed by atoms with Gasteiger partial charge in [-0.15, -0.1) is 0 Å². The summed E-state index contributed by atoms with van der Waals surface area (Å²) < 4.78 is 4.92. The maximum absolute atomic E-state index is 9.53. The van der Waals surface area contributed by atoms with Crippen molar-refractivity contribution in [3.05, 3.63) is 0 Å². The van der Waals surface area contributed by atoms with E-state index < -0.39 is 34.9 Å². The molecule has 2 saturated heterocycles. The molecule has 0 unspecified atom stereocenters. The van der Waals surface area contributed by atoms with E-state index in [1.165, 1.54) is 0 Å². The fraction of sp³-hybridized carbons (Fsp3) is 1.00. The molecule has 0 saturated carbocycles. The van der Waals surface area contributed by atoms with Crippen molar-refractivity contribution in [1.29, 1.82) is 0 Å². The molecule has 2 aliphatic rings. The summed E-state index contributed by atoms with van der Waals surface area (Å²) in [6.07, 6.45) is -3.56. The van der Waals surface area contributed by atoms with Crippen LogP contribution in [0, 0.1) is 0 Å². The first-order chi connectivity index (χ1) is 5.94. The van der Waals surface area contributed by atoms with Crippen molar-refractivity contribution in [2.24, 2.45) is 5.73 Å². The lowest BCUT2D eigenvalue weighted by molar-refractivity contribution is -0.251. The molecule has 0 aliphatic carbocycles. The van der Waals surface area contributed by atoms with Gasteiger partial charge in [0.25, 0.3) is 0 Å². The number of nitrogens with two attached hydrogens (primary N) is 1. The van der Waals surface area contributed by atoms with Crippen LogP contribution in [0.3, 0.4) is 0 Å². The molecule has 0 radical (unpaired) electrons. The van der Waals surface area contributed by atoms with Crippen molar-refractivity contribution in [2.45, 2.75) is 28.3 Å². The number of aliphatic hydroxyl groups excluding tert-OH is 3. The maximum Gasteiger partial charge on any atom is 0.249 e. The Bertz CT molecular complexity index is 241. The monoisotopic (exact) mass is 209 g/mol. The molecule has 0 aromatic carbocycles. The number of ether oxygens (including phenoxy) is 1. The summed E-state index contributed by atoms with van der Waals surface area (Å²) in [5.41, 5.74) is 5.53. The third kappa shape index (κ3) is 1.06. The Morgan fingerprint density at radius 1 is 1.46 bits per heavy atom. The lowest BCUT2D eigenvalue weighted by Crippen LogP contribution is -2.62. The summed E-state index contributed by atoms with van der Waals surface area (Å²) in [6, 6.07) is 0. The first-order valence-corrected chi connectivity index (χ1v) is 4.62. The van der Waals surface area contributed by atoms with E-state index in [4.69, 9.17) is 15.6 Å². The number of thioether (sulfide) groups is 1. The Morgan fingerprint density at radius 2 is 2.08 bits per heavy atom. The van der Waals surface area contributed by atoms with E-state index in [1.54, 1.807) is 0 Å². The highest BCUT2D eigenvalue weighted by atomic mass is 32.2. The molecule has 7 heteroatoms. The zero-order valence-corrected chi connectivity index (χ0v) is 7.44. The van der Waals surface area contributed by atoms with Crippen molar-refractivity contribution in [2.75, 3.05) is 6.61 Å². The van der Waals surface area contributed by atoms with Crippen LogP contribution in [0.1, 0.15) is 0 Å². The zero-order valence-electron chi connectivity index (χ0n) is 6.62. The molecule has 2 fully saturated rings. The van der Waals surface area contributed by atoms with Crippen LogP contribution in [0.15, 0.2) is 0 Å². The van der Waals surface area contributed by atoms with Crippen molar-refractivity contribution < 1.29 is 25.2 Å². The molecule has 0 amide bonds. The molecule has 6 nitrogen and oxygen atoms in total. The topological polar surface area (TPSA) is 116 Å². The second kappa shape index (κ2) is 2.57. The number of aliphatic hydroxyl groups is 4. The van der Waals surface area contributed by atoms with Gasteiger partial charge in [0.15, 0.2) is 4.87 Å². The fourth-order valence-corrected chi connectivity index (χ4v) is 2.45. The van der Waals surface area contributed by atoms with Gasteiger partial charge in [-0.3, -0.25) is 0 Å². The lowest BCUT2D eigenvalue weighted by atomic mass is 9.98. The van der Waals surface area contributed by atoms with Gasteiger partial charge in [0.1, 0.15) is 18.3 Å². The average Bonchev–Trinajstić information content (AvgIpc) is 2.64. The minimum absolute atomic E-state index is 0.475. The molecular formula is C6H11NO5S. The molecule has 0 aromatic heterocycles. The number of hydrogen-bond acceptors (Lipinski definition) is 7. The van der Waals surface area contributed by atoms with E-state index in [0.29, 0.717) is 0 Å². The van der Waals surface area contributed by atoms with Crippen molar-refractivity contribution in [3.63, 3.8) is 0 Å². The highest BCUT2D eigenvalue weighted by Crippen LogP contribution is 2.64. The van der Waals surface area contributed by atoms with Crippen molar-refractivity contribution in [1.82, 2.24) is 0 Å². The standard InChI is InChI=1S/C6H11NO5S/c7-5-4(10)3(9)2(1-8)12-6(5,11)13-5/h2-4,8-11H,1,7H2/t2-,3-,4+,5+,6-/m1/s1. The number of hydrogen-bond donors (Lipinski definition) is 5. The highest BCUT2D eigenvalue weighted by Gasteiger charge is 2.77. The minimum Gasteiger partial charge on any atom is -0.394 e. The summed E-state index contributed by atoms with van der Waals surface area (Å²) in [4.78, 5) is -1.36. The highest BCUT2D eigenvalue weighted by molar-refractivity contribution is 8.09. The van der Waals surface area contributed by atoms with Crippen LogP contribution in [-0.4, -0.2) is 55.3 Å². The van der Waals surface area contributed by atoms with Crippen LogP contribution < -0.4 is 5.73 Å². The van der Waals surface area contributed by atoms with Gasteiger partial charge in [0.2, 0.25) is 5.12 Å². The van der Waals surface area contributed by atoms with E-state index in [1.807, 2.05) is 0 Å². The van der Waals surface area contributed by atoms with Crippen LogP contribution in [0.2, 0.25) is 0 Å². The van der Waals surface area contributed by atoms with Crippen LogP contribution in [-0.2, 0) is 4.74 Å². The Hall–Kier alpha value is 0.110. The third-order valence-electron chi connectivity index (χ3n) is 2.39. The molecule has 0 bridgehead atoms. The first kappa shape index (κ1) is 9.66. The molecule has 5 atom stereocenters. The Labute approximate surface area is 78.3 Å². The Kier molecular flexibility index (Phi) is 1.91. The molecule has 2 heterocycles. The summed E-state index contributed by atoms with van der Waals surface area (Å²) in [7, 11) is 0. The van der Waals surface area contributed by atoms with Gasteiger partial charge in [-0.1, -0.05) is 11.8 Å². The van der Waals surface area contributed by atoms with Crippen molar-refractivity contribution in [3.8, 4) is 0 Å². The predicted octanol–water partition coefficient (Wildman–Crippen LogP) is -2.85. The van der Waals surface area contributed by atoms with Gasteiger partial charge in [-0.05, 0) is 0 Å². The minimum atomic E-state index is -1.67. The van der Waals surface area contributed by atoms with E-state index in [2.05, 4.69) is 0 Å². The summed E-state index contributed by atoms with van der Waals surface area (Å²) in [5.74, 6) is 0. The average molecular weight is 209 g/mol. The summed E-state index contributed by atoms with van der Waals surface area (Å²) in [6.45, 7) is -0.475. The van der Waals surface area contributed by atoms with Gasteiger partial charge in [-0.2, -0.15) is 0 Å². The van der Waals surface area contributed by atoms with Gasteiger partial charge in [0.05, 0.1) is 6.61 Å². The number of fused-ring (bicyclic) bond motifs is 1. The normalized spacial score (nSPS) is 60.2. The van der Waals surface area contributed by atoms with Gasteiger partial charge in [-0.25, -0.2) is 0 Å². The quantitative estimate of drug-likeness (QED) is 0.295. The number of rotatable bonds is 1. The first-order valence-electron chi connectivity index (χ1n) is 3.81. The van der Waals surface area contributed by atoms with Crippen molar-refractivity contribution >= 4 is 11.8 Å². The maximum atomic E-state index is 9.53. The Morgan fingerprint density at radius 3 is 2.62 bits per heavy atom. The molecule has 76 valence electrons. The van der Waals surface area contributed by atoms with Gasteiger partial charge < -0.3 is 30.9 Å². The second-order valence-electron chi connectivity index (χ2n) is 3.25. The molecular weight excluding hydrogens is 198 g/mol. The third-order valence-corrected chi connectivity index (χ3v) is 3.76. The SMILES string of the molecule is N[C@@]12S[C@]1(O)O[C@H](CO)[C@@H](O)[C@@H]2O. The molecule has 0 spiro atoms.